The molecule has 0 atom stereocenters. The summed E-state index contributed by atoms with van der Waals surface area (Å²) in [6.07, 6.45) is 0. The standard InChI is InChI=1S/C14H11BrN2/c1-10-13-7-2-3-8-14(13)16-17(10)12-6-4-5-11(15)9-12/h2-9H,1H3. The first kappa shape index (κ1) is 10.5. The fourth-order valence-corrected chi connectivity index (χ4v) is 2.41. The van der Waals surface area contributed by atoms with Crippen LogP contribution in [-0.2, 0) is 0 Å². The molecule has 0 N–H and O–H groups in total. The average Bonchev–Trinajstić information content (AvgIpc) is 2.68. The predicted octanol–water partition coefficient (Wildman–Crippen LogP) is 4.10. The van der Waals surface area contributed by atoms with Gasteiger partial charge in [0.2, 0.25) is 0 Å². The van der Waals surface area contributed by atoms with Crippen molar-refractivity contribution in [2.24, 2.45) is 0 Å². The van der Waals surface area contributed by atoms with Crippen LogP contribution < -0.4 is 0 Å². The number of fused-ring (bicyclic) bond motifs is 1. The molecule has 0 bridgehead atoms. The molecule has 17 heavy (non-hydrogen) atoms. The zero-order valence-electron chi connectivity index (χ0n) is 9.39. The fraction of sp³-hybridized carbons (Fsp3) is 0.0714. The molecular weight excluding hydrogens is 276 g/mol. The van der Waals surface area contributed by atoms with Crippen LogP contribution in [0.2, 0.25) is 0 Å². The highest BCUT2D eigenvalue weighted by Crippen LogP contribution is 2.22. The number of hydrogen-bond acceptors (Lipinski definition) is 1. The SMILES string of the molecule is Cc1c2ccccc2nn1-c1cccc(Br)c1. The number of halogens is 1. The van der Waals surface area contributed by atoms with Crippen LogP contribution in [0.25, 0.3) is 16.6 Å². The molecule has 1 aromatic heterocycles. The van der Waals surface area contributed by atoms with Crippen LogP contribution >= 0.6 is 15.9 Å². The van der Waals surface area contributed by atoms with Gasteiger partial charge < -0.3 is 0 Å². The highest BCUT2D eigenvalue weighted by molar-refractivity contribution is 9.10. The van der Waals surface area contributed by atoms with Gasteiger partial charge >= 0.3 is 0 Å². The molecule has 0 unspecified atom stereocenters. The van der Waals surface area contributed by atoms with Gasteiger partial charge in [0.1, 0.15) is 0 Å². The Labute approximate surface area is 108 Å². The number of rotatable bonds is 1. The van der Waals surface area contributed by atoms with E-state index in [1.165, 1.54) is 11.1 Å². The highest BCUT2D eigenvalue weighted by Gasteiger charge is 2.07. The molecule has 2 aromatic carbocycles. The number of nitrogens with zero attached hydrogens (tertiary/aromatic N) is 2. The minimum absolute atomic E-state index is 1.03. The van der Waals surface area contributed by atoms with E-state index in [0.29, 0.717) is 0 Å². The van der Waals surface area contributed by atoms with E-state index < -0.39 is 0 Å². The number of hydrogen-bond donors (Lipinski definition) is 0. The lowest BCUT2D eigenvalue weighted by Gasteiger charge is -2.04. The van der Waals surface area contributed by atoms with Gasteiger partial charge in [-0.2, -0.15) is 5.10 Å². The summed E-state index contributed by atoms with van der Waals surface area (Å²) in [4.78, 5) is 0. The third-order valence-corrected chi connectivity index (χ3v) is 3.37. The molecule has 3 rings (SSSR count). The van der Waals surface area contributed by atoms with Gasteiger partial charge in [-0.3, -0.25) is 0 Å². The van der Waals surface area contributed by atoms with Crippen molar-refractivity contribution in [1.82, 2.24) is 9.78 Å². The van der Waals surface area contributed by atoms with Gasteiger partial charge in [-0.1, -0.05) is 40.2 Å². The van der Waals surface area contributed by atoms with E-state index in [9.17, 15) is 0 Å². The molecule has 3 heteroatoms. The first-order valence-corrected chi connectivity index (χ1v) is 6.25. The topological polar surface area (TPSA) is 17.8 Å². The van der Waals surface area contributed by atoms with E-state index in [1.54, 1.807) is 0 Å². The van der Waals surface area contributed by atoms with Crippen molar-refractivity contribution in [3.63, 3.8) is 0 Å². The zero-order chi connectivity index (χ0) is 11.8. The Hall–Kier alpha value is -1.61. The van der Waals surface area contributed by atoms with E-state index >= 15 is 0 Å². The maximum Gasteiger partial charge on any atom is 0.0930 e. The molecule has 0 saturated heterocycles. The number of benzene rings is 2. The van der Waals surface area contributed by atoms with Gasteiger partial charge in [-0.05, 0) is 31.2 Å². The van der Waals surface area contributed by atoms with Gasteiger partial charge in [-0.15, -0.1) is 0 Å². The van der Waals surface area contributed by atoms with Crippen molar-refractivity contribution in [3.05, 3.63) is 58.7 Å². The molecule has 2 nitrogen and oxygen atoms in total. The van der Waals surface area contributed by atoms with Crippen molar-refractivity contribution in [1.29, 1.82) is 0 Å². The zero-order valence-corrected chi connectivity index (χ0v) is 11.0. The van der Waals surface area contributed by atoms with E-state index in [4.69, 9.17) is 0 Å². The smallest absolute Gasteiger partial charge is 0.0930 e. The van der Waals surface area contributed by atoms with Crippen LogP contribution in [0.3, 0.4) is 0 Å². The van der Waals surface area contributed by atoms with E-state index in [1.807, 2.05) is 35.0 Å². The minimum Gasteiger partial charge on any atom is -0.237 e. The van der Waals surface area contributed by atoms with Gasteiger partial charge in [0.05, 0.1) is 11.2 Å². The molecule has 0 aliphatic carbocycles. The quantitative estimate of drug-likeness (QED) is 0.659. The lowest BCUT2D eigenvalue weighted by atomic mass is 10.2. The van der Waals surface area contributed by atoms with Crippen molar-refractivity contribution < 1.29 is 0 Å². The maximum atomic E-state index is 4.62. The fourth-order valence-electron chi connectivity index (χ4n) is 2.02. The molecule has 3 aromatic rings. The lowest BCUT2D eigenvalue weighted by molar-refractivity contribution is 0.860. The molecule has 0 aliphatic rings. The first-order chi connectivity index (χ1) is 8.25. The van der Waals surface area contributed by atoms with E-state index in [2.05, 4.69) is 46.2 Å². The van der Waals surface area contributed by atoms with Crippen molar-refractivity contribution >= 4 is 26.8 Å². The molecule has 0 spiro atoms. The summed E-state index contributed by atoms with van der Waals surface area (Å²) in [5, 5.41) is 5.82. The summed E-state index contributed by atoms with van der Waals surface area (Å²) >= 11 is 3.49. The molecule has 0 amide bonds. The second-order valence-electron chi connectivity index (χ2n) is 3.99. The lowest BCUT2D eigenvalue weighted by Crippen LogP contribution is -1.98. The molecule has 1 heterocycles. The molecular formula is C14H11BrN2. The summed E-state index contributed by atoms with van der Waals surface area (Å²) in [7, 11) is 0. The second kappa shape index (κ2) is 4.00. The average molecular weight is 287 g/mol. The largest absolute Gasteiger partial charge is 0.237 e. The van der Waals surface area contributed by atoms with E-state index in [-0.39, 0.29) is 0 Å². The van der Waals surface area contributed by atoms with Crippen LogP contribution in [0, 0.1) is 6.92 Å². The summed E-state index contributed by atoms with van der Waals surface area (Å²) in [6, 6.07) is 16.4. The first-order valence-electron chi connectivity index (χ1n) is 5.46. The van der Waals surface area contributed by atoms with Crippen molar-refractivity contribution in [2.75, 3.05) is 0 Å². The van der Waals surface area contributed by atoms with E-state index in [0.717, 1.165) is 15.7 Å². The van der Waals surface area contributed by atoms with Gasteiger partial charge in [0.15, 0.2) is 0 Å². The molecule has 84 valence electrons. The van der Waals surface area contributed by atoms with Crippen LogP contribution in [0.5, 0.6) is 0 Å². The molecule has 0 saturated carbocycles. The Morgan fingerprint density at radius 1 is 1.06 bits per heavy atom. The Bertz CT molecular complexity index is 686. The van der Waals surface area contributed by atoms with Crippen LogP contribution in [0.1, 0.15) is 5.69 Å². The maximum absolute atomic E-state index is 4.62. The van der Waals surface area contributed by atoms with Gasteiger partial charge in [-0.25, -0.2) is 4.68 Å². The van der Waals surface area contributed by atoms with Crippen molar-refractivity contribution in [2.45, 2.75) is 6.92 Å². The normalized spacial score (nSPS) is 10.9. The van der Waals surface area contributed by atoms with Crippen LogP contribution in [0.15, 0.2) is 53.0 Å². The minimum atomic E-state index is 1.03. The Kier molecular flexibility index (Phi) is 2.48. The number of aromatic nitrogens is 2. The summed E-state index contributed by atoms with van der Waals surface area (Å²) < 4.78 is 3.05. The molecule has 0 radical (unpaired) electrons. The summed E-state index contributed by atoms with van der Waals surface area (Å²) in [6.45, 7) is 2.09. The Morgan fingerprint density at radius 3 is 2.65 bits per heavy atom. The number of aryl methyl sites for hydroxylation is 1. The third kappa shape index (κ3) is 1.76. The summed E-state index contributed by atoms with van der Waals surface area (Å²) in [5.74, 6) is 0. The van der Waals surface area contributed by atoms with Crippen LogP contribution in [0.4, 0.5) is 0 Å². The van der Waals surface area contributed by atoms with Crippen LogP contribution in [-0.4, -0.2) is 9.78 Å². The molecule has 0 fully saturated rings. The highest BCUT2D eigenvalue weighted by atomic mass is 79.9. The Balaban J connectivity index is 2.27. The monoisotopic (exact) mass is 286 g/mol. The molecule has 0 aliphatic heterocycles. The second-order valence-corrected chi connectivity index (χ2v) is 4.91. The Morgan fingerprint density at radius 2 is 1.88 bits per heavy atom. The third-order valence-electron chi connectivity index (χ3n) is 2.87. The predicted molar refractivity (Wildman–Crippen MR) is 73.5 cm³/mol. The van der Waals surface area contributed by atoms with Crippen molar-refractivity contribution in [3.8, 4) is 5.69 Å². The summed E-state index contributed by atoms with van der Waals surface area (Å²) in [5.41, 5.74) is 3.27. The van der Waals surface area contributed by atoms with Gasteiger partial charge in [0.25, 0.3) is 0 Å². The van der Waals surface area contributed by atoms with Gasteiger partial charge in [0, 0.05) is 15.6 Å².